The van der Waals surface area contributed by atoms with Gasteiger partial charge in [-0.2, -0.15) is 13.0 Å². The van der Waals surface area contributed by atoms with E-state index in [-0.39, 0.29) is 28.2 Å². The molecule has 0 saturated carbocycles. The minimum absolute atomic E-state index is 0.111. The van der Waals surface area contributed by atoms with Crippen LogP contribution in [0.25, 0.3) is 0 Å². The molecule has 3 aromatic carbocycles. The zero-order valence-corrected chi connectivity index (χ0v) is 30.3. The maximum Gasteiger partial charge on any atom is 0.335 e. The summed E-state index contributed by atoms with van der Waals surface area (Å²) in [7, 11) is -4.36. The second kappa shape index (κ2) is 12.8. The van der Waals surface area contributed by atoms with Gasteiger partial charge in [-0.15, -0.1) is 0 Å². The first-order chi connectivity index (χ1) is 24.2. The van der Waals surface area contributed by atoms with Crippen LogP contribution in [0.3, 0.4) is 0 Å². The summed E-state index contributed by atoms with van der Waals surface area (Å²) < 4.78 is 36.5. The highest BCUT2D eigenvalue weighted by atomic mass is 32.2. The van der Waals surface area contributed by atoms with Crippen molar-refractivity contribution < 1.29 is 32.2 Å². The summed E-state index contributed by atoms with van der Waals surface area (Å²) in [6, 6.07) is 19.6. The number of rotatable bonds is 8. The molecule has 10 heteroatoms. The Morgan fingerprint density at radius 3 is 2.39 bits per heavy atom. The number of aromatic carboxylic acids is 1. The molecule has 0 spiro atoms. The molecule has 51 heavy (non-hydrogen) atoms. The summed E-state index contributed by atoms with van der Waals surface area (Å²) in [6.07, 6.45) is 8.94. The number of para-hydroxylation sites is 1. The van der Waals surface area contributed by atoms with Gasteiger partial charge in [0.1, 0.15) is 6.54 Å². The average molecular weight is 707 g/mol. The minimum Gasteiger partial charge on any atom is -0.478 e. The number of allylic oxidation sites excluding steroid dienone is 6. The molecule has 4 heterocycles. The molecule has 3 N–H and O–H groups in total. The summed E-state index contributed by atoms with van der Waals surface area (Å²) in [5.74, 6) is -1.18. The number of carbonyl (C=O) groups is 2. The number of hydrogen-bond donors (Lipinski definition) is 3. The quantitative estimate of drug-likeness (QED) is 0.161. The Hall–Kier alpha value is -4.80. The Morgan fingerprint density at radius 2 is 1.67 bits per heavy atom. The van der Waals surface area contributed by atoms with Crippen LogP contribution in [0.1, 0.15) is 87.7 Å². The van der Waals surface area contributed by atoms with E-state index in [1.807, 2.05) is 0 Å². The van der Waals surface area contributed by atoms with Gasteiger partial charge in [0.15, 0.2) is 5.71 Å². The predicted octanol–water partition coefficient (Wildman–Crippen LogP) is 7.92. The van der Waals surface area contributed by atoms with E-state index in [9.17, 15) is 27.7 Å². The molecular formula is C41H44N3O6S+. The number of carboxylic acid groups (broad SMARTS) is 1. The van der Waals surface area contributed by atoms with E-state index < -0.39 is 21.5 Å². The largest absolute Gasteiger partial charge is 0.478 e. The van der Waals surface area contributed by atoms with Crippen LogP contribution in [0.15, 0.2) is 106 Å². The van der Waals surface area contributed by atoms with Crippen LogP contribution in [-0.2, 0) is 25.7 Å². The molecular weight excluding hydrogens is 663 g/mol. The standard InChI is InChI=1S/C41H43N3O6S/c1-40(2)32-11-5-6-12-34(32)43-21-7-9-28(37(40)43)23-26(13-20-36(45)42-30-16-14-27(15-17-30)39(46)47)24-29-10-8-22-44-35-19-18-31(51(48,49)50)25-33(35)41(3,4)38(29)44/h5-6,11-12,14-19,23-25H,7-10,13,20-22H2,1-4H3,(H2-,42,45,46,47,48,49,50)/p+1. The van der Waals surface area contributed by atoms with Crippen molar-refractivity contribution in [3.05, 3.63) is 118 Å². The Labute approximate surface area is 299 Å². The Balaban J connectivity index is 1.28. The molecule has 7 rings (SSSR count). The number of nitrogens with zero attached hydrogens (tertiary/aromatic N) is 2. The lowest BCUT2D eigenvalue weighted by Gasteiger charge is -2.33. The van der Waals surface area contributed by atoms with E-state index in [0.29, 0.717) is 12.1 Å². The fraction of sp³-hybridized carbons (Fsp3) is 0.341. The van der Waals surface area contributed by atoms with Crippen LogP contribution < -0.4 is 10.2 Å². The highest BCUT2D eigenvalue weighted by Crippen LogP contribution is 2.52. The zero-order chi connectivity index (χ0) is 36.3. The maximum atomic E-state index is 13.3. The van der Waals surface area contributed by atoms with Crippen molar-refractivity contribution in [1.29, 1.82) is 0 Å². The average Bonchev–Trinajstić information content (AvgIpc) is 3.47. The third-order valence-corrected chi connectivity index (χ3v) is 11.7. The van der Waals surface area contributed by atoms with Crippen molar-refractivity contribution in [3.63, 3.8) is 0 Å². The lowest BCUT2D eigenvalue weighted by atomic mass is 9.76. The first-order valence-corrected chi connectivity index (χ1v) is 19.0. The van der Waals surface area contributed by atoms with Crippen LogP contribution in [-0.4, -0.2) is 53.3 Å². The summed E-state index contributed by atoms with van der Waals surface area (Å²) >= 11 is 0. The van der Waals surface area contributed by atoms with Gasteiger partial charge in [-0.05, 0) is 105 Å². The van der Waals surface area contributed by atoms with Crippen LogP contribution in [0.2, 0.25) is 0 Å². The molecule has 0 unspecified atom stereocenters. The molecule has 0 atom stereocenters. The lowest BCUT2D eigenvalue weighted by molar-refractivity contribution is -0.441. The van der Waals surface area contributed by atoms with Gasteiger partial charge in [-0.3, -0.25) is 9.35 Å². The number of carbonyl (C=O) groups excluding carboxylic acids is 1. The van der Waals surface area contributed by atoms with E-state index >= 15 is 0 Å². The molecule has 0 aromatic heterocycles. The third-order valence-electron chi connectivity index (χ3n) is 10.9. The van der Waals surface area contributed by atoms with Crippen molar-refractivity contribution in [2.75, 3.05) is 23.3 Å². The van der Waals surface area contributed by atoms with Gasteiger partial charge >= 0.3 is 5.97 Å². The van der Waals surface area contributed by atoms with Gasteiger partial charge in [-0.1, -0.05) is 38.1 Å². The Morgan fingerprint density at radius 1 is 0.922 bits per heavy atom. The molecule has 0 fully saturated rings. The van der Waals surface area contributed by atoms with Crippen LogP contribution in [0, 0.1) is 0 Å². The van der Waals surface area contributed by atoms with E-state index in [1.54, 1.807) is 24.3 Å². The van der Waals surface area contributed by atoms with Crippen molar-refractivity contribution >= 4 is 44.8 Å². The molecule has 1 amide bonds. The van der Waals surface area contributed by atoms with E-state index in [0.717, 1.165) is 66.9 Å². The predicted molar refractivity (Wildman–Crippen MR) is 199 cm³/mol. The molecule has 0 aliphatic carbocycles. The Kier molecular flexibility index (Phi) is 8.66. The molecule has 3 aromatic rings. The molecule has 9 nitrogen and oxygen atoms in total. The van der Waals surface area contributed by atoms with Gasteiger partial charge in [-0.25, -0.2) is 4.79 Å². The van der Waals surface area contributed by atoms with E-state index in [2.05, 4.69) is 78.9 Å². The van der Waals surface area contributed by atoms with Crippen molar-refractivity contribution in [2.24, 2.45) is 0 Å². The van der Waals surface area contributed by atoms with Gasteiger partial charge in [0.05, 0.1) is 15.9 Å². The number of nitrogens with one attached hydrogen (secondary N) is 1. The number of anilines is 2. The number of hydrogen-bond acceptors (Lipinski definition) is 5. The Bertz CT molecular complexity index is 2210. The fourth-order valence-corrected chi connectivity index (χ4v) is 9.12. The fourth-order valence-electron chi connectivity index (χ4n) is 8.62. The first-order valence-electron chi connectivity index (χ1n) is 17.6. The summed E-state index contributed by atoms with van der Waals surface area (Å²) in [5.41, 5.74) is 10.2. The van der Waals surface area contributed by atoms with Gasteiger partial charge in [0.2, 0.25) is 11.6 Å². The van der Waals surface area contributed by atoms with Crippen LogP contribution in [0.4, 0.5) is 17.1 Å². The highest BCUT2D eigenvalue weighted by molar-refractivity contribution is 7.85. The maximum absolute atomic E-state index is 13.3. The molecule has 4 aliphatic rings. The van der Waals surface area contributed by atoms with E-state index in [4.69, 9.17) is 0 Å². The monoisotopic (exact) mass is 706 g/mol. The van der Waals surface area contributed by atoms with Crippen molar-refractivity contribution in [2.45, 2.75) is 81.9 Å². The van der Waals surface area contributed by atoms with E-state index in [1.165, 1.54) is 40.7 Å². The summed E-state index contributed by atoms with van der Waals surface area (Å²) in [5, 5.41) is 12.2. The third kappa shape index (κ3) is 6.25. The molecule has 0 radical (unpaired) electrons. The zero-order valence-electron chi connectivity index (χ0n) is 29.5. The van der Waals surface area contributed by atoms with Crippen molar-refractivity contribution in [1.82, 2.24) is 0 Å². The second-order valence-electron chi connectivity index (χ2n) is 15.0. The molecule has 4 aliphatic heterocycles. The SMILES string of the molecule is CC1(C)C2=C(/C=C(/C=C3\CCC[N+]4=C3C(C)(C)c3ccccc34)CCC(=O)Nc3ccc(C(=O)O)cc3)CCCN2c2ccc(S(=O)(=O)O)cc21. The van der Waals surface area contributed by atoms with Gasteiger partial charge in [0.25, 0.3) is 10.1 Å². The molecule has 0 bridgehead atoms. The van der Waals surface area contributed by atoms with Crippen molar-refractivity contribution in [3.8, 4) is 0 Å². The first kappa shape index (κ1) is 34.6. The second-order valence-corrected chi connectivity index (χ2v) is 16.4. The topological polar surface area (TPSA) is 127 Å². The smallest absolute Gasteiger partial charge is 0.335 e. The highest BCUT2D eigenvalue weighted by Gasteiger charge is 2.48. The number of carboxylic acids is 1. The number of benzene rings is 3. The summed E-state index contributed by atoms with van der Waals surface area (Å²) in [6.45, 7) is 10.5. The van der Waals surface area contributed by atoms with Gasteiger partial charge < -0.3 is 15.3 Å². The molecule has 264 valence electrons. The van der Waals surface area contributed by atoms with Gasteiger partial charge in [0, 0.05) is 59.1 Å². The van der Waals surface area contributed by atoms with Crippen LogP contribution in [0.5, 0.6) is 0 Å². The number of amides is 1. The summed E-state index contributed by atoms with van der Waals surface area (Å²) in [4.78, 5) is 26.8. The van der Waals surface area contributed by atoms with Crippen LogP contribution >= 0.6 is 0 Å². The lowest BCUT2D eigenvalue weighted by Crippen LogP contribution is -2.34. The number of fused-ring (bicyclic) bond motifs is 5. The normalized spacial score (nSPS) is 19.8. The molecule has 0 saturated heterocycles. The minimum atomic E-state index is -4.36.